The van der Waals surface area contributed by atoms with E-state index in [2.05, 4.69) is 9.72 Å². The first kappa shape index (κ1) is 12.3. The molecule has 1 rings (SSSR count). The number of nitrogens with two attached hydrogens (primary N) is 1. The summed E-state index contributed by atoms with van der Waals surface area (Å²) < 4.78 is 41.4. The van der Waals surface area contributed by atoms with Gasteiger partial charge >= 0.3 is 6.18 Å². The summed E-state index contributed by atoms with van der Waals surface area (Å²) in [6, 6.07) is 1.32. The summed E-state index contributed by atoms with van der Waals surface area (Å²) in [5.41, 5.74) is 5.28. The molecule has 4 nitrogen and oxygen atoms in total. The molecule has 1 atom stereocenters. The molecule has 0 saturated heterocycles. The van der Waals surface area contributed by atoms with Crippen LogP contribution in [0.25, 0.3) is 0 Å². The molecule has 0 spiro atoms. The molecule has 0 saturated carbocycles. The van der Waals surface area contributed by atoms with Crippen LogP contribution in [0.5, 0.6) is 5.75 Å². The van der Waals surface area contributed by atoms with Crippen LogP contribution in [0.4, 0.5) is 13.2 Å². The van der Waals surface area contributed by atoms with Crippen molar-refractivity contribution in [1.82, 2.24) is 4.98 Å². The molecule has 0 bridgehead atoms. The average molecular weight is 233 g/mol. The van der Waals surface area contributed by atoms with Gasteiger partial charge < -0.3 is 10.5 Å². The van der Waals surface area contributed by atoms with Crippen LogP contribution in [-0.4, -0.2) is 23.1 Å². The molecular formula is C9H10F3N3O. The predicted octanol–water partition coefficient (Wildman–Crippen LogP) is 1.70. The fourth-order valence-corrected chi connectivity index (χ4v) is 0.954. The number of hydrogen-bond acceptors (Lipinski definition) is 3. The zero-order valence-electron chi connectivity index (χ0n) is 8.38. The van der Waals surface area contributed by atoms with E-state index in [9.17, 15) is 13.2 Å². The summed E-state index contributed by atoms with van der Waals surface area (Å²) in [6.45, 7) is 0.872. The Kier molecular flexibility index (Phi) is 3.36. The Morgan fingerprint density at radius 3 is 2.69 bits per heavy atom. The van der Waals surface area contributed by atoms with Gasteiger partial charge in [-0.2, -0.15) is 13.2 Å². The van der Waals surface area contributed by atoms with Crippen LogP contribution in [0.1, 0.15) is 12.5 Å². The summed E-state index contributed by atoms with van der Waals surface area (Å²) in [7, 11) is 0. The van der Waals surface area contributed by atoms with Gasteiger partial charge in [0, 0.05) is 6.20 Å². The minimum absolute atomic E-state index is 0.0890. The SMILES string of the molecule is CC(Oc1cnccc1C(=N)N)C(F)(F)F. The van der Waals surface area contributed by atoms with Gasteiger partial charge in [-0.3, -0.25) is 10.4 Å². The maximum Gasteiger partial charge on any atom is 0.425 e. The first-order valence-corrected chi connectivity index (χ1v) is 4.34. The number of nitrogen functional groups attached to an aromatic ring is 1. The second kappa shape index (κ2) is 4.38. The first-order valence-electron chi connectivity index (χ1n) is 4.34. The minimum Gasteiger partial charge on any atom is -0.479 e. The van der Waals surface area contributed by atoms with Crippen LogP contribution in [-0.2, 0) is 0 Å². The van der Waals surface area contributed by atoms with E-state index < -0.39 is 12.3 Å². The molecule has 0 fully saturated rings. The van der Waals surface area contributed by atoms with E-state index in [0.717, 1.165) is 13.1 Å². The van der Waals surface area contributed by atoms with Crippen molar-refractivity contribution in [3.63, 3.8) is 0 Å². The third-order valence-corrected chi connectivity index (χ3v) is 1.84. The minimum atomic E-state index is -4.47. The number of nitrogens with zero attached hydrogens (tertiary/aromatic N) is 1. The maximum atomic E-state index is 12.2. The van der Waals surface area contributed by atoms with Crippen molar-refractivity contribution >= 4 is 5.84 Å². The Morgan fingerprint density at radius 2 is 2.19 bits per heavy atom. The van der Waals surface area contributed by atoms with Gasteiger partial charge in [0.05, 0.1) is 11.8 Å². The average Bonchev–Trinajstić information content (AvgIpc) is 2.16. The Hall–Kier alpha value is -1.79. The number of alkyl halides is 3. The number of amidine groups is 1. The third-order valence-electron chi connectivity index (χ3n) is 1.84. The van der Waals surface area contributed by atoms with Gasteiger partial charge in [0.2, 0.25) is 0 Å². The lowest BCUT2D eigenvalue weighted by Gasteiger charge is -2.18. The quantitative estimate of drug-likeness (QED) is 0.616. The van der Waals surface area contributed by atoms with Crippen LogP contribution in [0.3, 0.4) is 0 Å². The maximum absolute atomic E-state index is 12.2. The summed E-state index contributed by atoms with van der Waals surface area (Å²) in [6.07, 6.45) is -4.03. The highest BCUT2D eigenvalue weighted by Gasteiger charge is 2.38. The number of aromatic nitrogens is 1. The Bertz CT molecular complexity index is 392. The zero-order chi connectivity index (χ0) is 12.3. The molecule has 0 aliphatic rings. The van der Waals surface area contributed by atoms with E-state index in [1.807, 2.05) is 0 Å². The fraction of sp³-hybridized carbons (Fsp3) is 0.333. The molecule has 0 amide bonds. The van der Waals surface area contributed by atoms with Gasteiger partial charge in [-0.1, -0.05) is 0 Å². The van der Waals surface area contributed by atoms with Gasteiger partial charge in [-0.25, -0.2) is 0 Å². The molecule has 0 aliphatic heterocycles. The Balaban J connectivity index is 2.93. The Morgan fingerprint density at radius 1 is 1.56 bits per heavy atom. The lowest BCUT2D eigenvalue weighted by atomic mass is 10.2. The Labute approximate surface area is 89.7 Å². The van der Waals surface area contributed by atoms with Crippen molar-refractivity contribution in [2.45, 2.75) is 19.2 Å². The number of halogens is 3. The van der Waals surface area contributed by atoms with E-state index in [1.165, 1.54) is 12.3 Å². The van der Waals surface area contributed by atoms with Crippen molar-refractivity contribution < 1.29 is 17.9 Å². The lowest BCUT2D eigenvalue weighted by Crippen LogP contribution is -2.32. The molecular weight excluding hydrogens is 223 g/mol. The van der Waals surface area contributed by atoms with Gasteiger partial charge in [-0.05, 0) is 13.0 Å². The standard InChI is InChI=1S/C9H10F3N3O/c1-5(9(10,11)12)16-7-4-15-3-2-6(7)8(13)14/h2-5H,1H3,(H3,13,14). The summed E-state index contributed by atoms with van der Waals surface area (Å²) in [5, 5.41) is 7.17. The largest absolute Gasteiger partial charge is 0.479 e. The van der Waals surface area contributed by atoms with Crippen molar-refractivity contribution in [2.24, 2.45) is 5.73 Å². The monoisotopic (exact) mass is 233 g/mol. The third kappa shape index (κ3) is 2.85. The normalized spacial score (nSPS) is 13.2. The van der Waals surface area contributed by atoms with Gasteiger partial charge in [-0.15, -0.1) is 0 Å². The molecule has 1 aromatic rings. The highest BCUT2D eigenvalue weighted by molar-refractivity contribution is 5.97. The van der Waals surface area contributed by atoms with Crippen LogP contribution in [0.2, 0.25) is 0 Å². The molecule has 16 heavy (non-hydrogen) atoms. The number of nitrogens with one attached hydrogen (secondary N) is 1. The van der Waals surface area contributed by atoms with Crippen LogP contribution in [0.15, 0.2) is 18.5 Å². The smallest absolute Gasteiger partial charge is 0.425 e. The number of pyridine rings is 1. The van der Waals surface area contributed by atoms with E-state index in [1.54, 1.807) is 0 Å². The number of hydrogen-bond donors (Lipinski definition) is 2. The van der Waals surface area contributed by atoms with E-state index in [0.29, 0.717) is 0 Å². The second-order valence-corrected chi connectivity index (χ2v) is 3.09. The molecule has 1 heterocycles. The topological polar surface area (TPSA) is 72.0 Å². The van der Waals surface area contributed by atoms with Gasteiger partial charge in [0.15, 0.2) is 6.10 Å². The van der Waals surface area contributed by atoms with Crippen molar-refractivity contribution in [2.75, 3.05) is 0 Å². The van der Waals surface area contributed by atoms with E-state index >= 15 is 0 Å². The van der Waals surface area contributed by atoms with Crippen molar-refractivity contribution in [3.05, 3.63) is 24.0 Å². The molecule has 1 aromatic heterocycles. The van der Waals surface area contributed by atoms with E-state index in [4.69, 9.17) is 11.1 Å². The van der Waals surface area contributed by atoms with Gasteiger partial charge in [0.25, 0.3) is 0 Å². The fourth-order valence-electron chi connectivity index (χ4n) is 0.954. The van der Waals surface area contributed by atoms with Gasteiger partial charge in [0.1, 0.15) is 11.6 Å². The van der Waals surface area contributed by atoms with Crippen LogP contribution in [0, 0.1) is 5.41 Å². The van der Waals surface area contributed by atoms with Crippen LogP contribution < -0.4 is 10.5 Å². The van der Waals surface area contributed by atoms with E-state index in [-0.39, 0.29) is 17.1 Å². The first-order chi connectivity index (χ1) is 7.32. The lowest BCUT2D eigenvalue weighted by molar-refractivity contribution is -0.189. The predicted molar refractivity (Wildman–Crippen MR) is 51.4 cm³/mol. The van der Waals surface area contributed by atoms with Crippen LogP contribution >= 0.6 is 0 Å². The van der Waals surface area contributed by atoms with Crippen molar-refractivity contribution in [3.8, 4) is 5.75 Å². The highest BCUT2D eigenvalue weighted by Crippen LogP contribution is 2.26. The highest BCUT2D eigenvalue weighted by atomic mass is 19.4. The summed E-state index contributed by atoms with van der Waals surface area (Å²) in [5.74, 6) is -0.522. The van der Waals surface area contributed by atoms with Crippen molar-refractivity contribution in [1.29, 1.82) is 5.41 Å². The number of rotatable bonds is 3. The molecule has 1 unspecified atom stereocenters. The summed E-state index contributed by atoms with van der Waals surface area (Å²) in [4.78, 5) is 3.62. The molecule has 88 valence electrons. The number of ether oxygens (including phenoxy) is 1. The molecule has 0 radical (unpaired) electrons. The summed E-state index contributed by atoms with van der Waals surface area (Å²) >= 11 is 0. The molecule has 3 N–H and O–H groups in total. The molecule has 0 aliphatic carbocycles. The molecule has 0 aromatic carbocycles. The zero-order valence-corrected chi connectivity index (χ0v) is 8.38. The molecule has 7 heteroatoms. The second-order valence-electron chi connectivity index (χ2n) is 3.09.